The monoisotopic (exact) mass is 443 g/mol. The molecule has 0 unspecified atom stereocenters. The van der Waals surface area contributed by atoms with E-state index in [1.807, 2.05) is 24.3 Å². The van der Waals surface area contributed by atoms with E-state index in [0.717, 1.165) is 49.8 Å². The fourth-order valence-corrected chi connectivity index (χ4v) is 4.73. The van der Waals surface area contributed by atoms with E-state index in [-0.39, 0.29) is 29.5 Å². The minimum Gasteiger partial charge on any atom is -0.469 e. The molecule has 8 nitrogen and oxygen atoms in total. The van der Waals surface area contributed by atoms with Gasteiger partial charge in [-0.3, -0.25) is 9.69 Å². The number of nitrogens with one attached hydrogen (secondary N) is 1. The maximum atomic E-state index is 13.4. The Hall–Kier alpha value is -2.63. The number of benzene rings is 1. The average Bonchev–Trinajstić information content (AvgIpc) is 2.84. The van der Waals surface area contributed by atoms with Crippen LogP contribution < -0.4 is 10.2 Å². The van der Waals surface area contributed by atoms with Crippen molar-refractivity contribution in [3.8, 4) is 6.07 Å². The number of ether oxygens (including phenoxy) is 3. The summed E-state index contributed by atoms with van der Waals surface area (Å²) in [4.78, 5) is 26.5. The normalized spacial score (nSPS) is 24.1. The van der Waals surface area contributed by atoms with Gasteiger partial charge < -0.3 is 19.5 Å². The predicted octanol–water partition coefficient (Wildman–Crippen LogP) is 3.54. The van der Waals surface area contributed by atoms with E-state index in [1.165, 1.54) is 7.11 Å². The van der Waals surface area contributed by atoms with E-state index in [1.54, 1.807) is 19.1 Å². The third kappa shape index (κ3) is 5.40. The third-order valence-corrected chi connectivity index (χ3v) is 7.05. The summed E-state index contributed by atoms with van der Waals surface area (Å²) < 4.78 is 15.4. The molecule has 0 atom stereocenters. The Morgan fingerprint density at radius 3 is 2.16 bits per heavy atom. The van der Waals surface area contributed by atoms with Crippen LogP contribution in [0.2, 0.25) is 0 Å². The molecule has 32 heavy (non-hydrogen) atoms. The van der Waals surface area contributed by atoms with Crippen molar-refractivity contribution < 1.29 is 23.8 Å². The van der Waals surface area contributed by atoms with Crippen LogP contribution in [0.15, 0.2) is 24.3 Å². The van der Waals surface area contributed by atoms with E-state index in [4.69, 9.17) is 14.2 Å². The first kappa shape index (κ1) is 24.0. The molecule has 1 aromatic carbocycles. The number of nitriles is 1. The van der Waals surface area contributed by atoms with Crippen LogP contribution in [0.4, 0.5) is 10.5 Å². The van der Waals surface area contributed by atoms with Crippen LogP contribution in [0.1, 0.15) is 50.5 Å². The second-order valence-electron chi connectivity index (χ2n) is 8.86. The van der Waals surface area contributed by atoms with E-state index >= 15 is 0 Å². The Balaban J connectivity index is 1.73. The van der Waals surface area contributed by atoms with Gasteiger partial charge in [-0.25, -0.2) is 4.79 Å². The summed E-state index contributed by atoms with van der Waals surface area (Å²) in [5.74, 6) is -0.252. The fourth-order valence-electron chi connectivity index (χ4n) is 4.73. The van der Waals surface area contributed by atoms with Gasteiger partial charge >= 0.3 is 12.0 Å². The summed E-state index contributed by atoms with van der Waals surface area (Å²) in [6.07, 6.45) is 5.27. The van der Waals surface area contributed by atoms with E-state index in [2.05, 4.69) is 11.4 Å². The molecule has 0 aromatic heterocycles. The Labute approximate surface area is 189 Å². The number of fused-ring (bicyclic) bond motifs is 3. The highest BCUT2D eigenvalue weighted by atomic mass is 16.7. The van der Waals surface area contributed by atoms with E-state index in [9.17, 15) is 14.9 Å². The average molecular weight is 444 g/mol. The molecule has 174 valence electrons. The number of hydrogen-bond acceptors (Lipinski definition) is 6. The molecule has 1 aromatic rings. The fraction of sp³-hybridized carbons (Fsp3) is 0.625. The molecular formula is C24H33N3O5. The lowest BCUT2D eigenvalue weighted by molar-refractivity contribution is -0.140. The third-order valence-electron chi connectivity index (χ3n) is 7.05. The largest absolute Gasteiger partial charge is 0.469 e. The molecule has 0 aliphatic heterocycles. The van der Waals surface area contributed by atoms with Gasteiger partial charge in [0.2, 0.25) is 0 Å². The van der Waals surface area contributed by atoms with Gasteiger partial charge in [-0.15, -0.1) is 0 Å². The molecule has 2 amide bonds. The summed E-state index contributed by atoms with van der Waals surface area (Å²) in [5, 5.41) is 12.8. The van der Waals surface area contributed by atoms with Crippen molar-refractivity contribution in [3.05, 3.63) is 29.8 Å². The maximum absolute atomic E-state index is 13.4. The number of hydrogen-bond donors (Lipinski definition) is 1. The highest BCUT2D eigenvalue weighted by Crippen LogP contribution is 2.51. The van der Waals surface area contributed by atoms with Crippen molar-refractivity contribution in [1.82, 2.24) is 5.32 Å². The SMILES string of the molecule is COC(=O)CCc1ccc(N(CC(OC)OC)C(=O)NC23CCC(C#N)(CC2)CC3)cc1. The summed E-state index contributed by atoms with van der Waals surface area (Å²) in [5.41, 5.74) is 1.24. The molecule has 0 saturated heterocycles. The second kappa shape index (κ2) is 10.3. The van der Waals surface area contributed by atoms with Crippen molar-refractivity contribution in [1.29, 1.82) is 5.26 Å². The number of rotatable bonds is 9. The molecular weight excluding hydrogens is 410 g/mol. The smallest absolute Gasteiger partial charge is 0.322 e. The number of carbonyl (C=O) groups excluding carboxylic acids is 2. The Bertz CT molecular complexity index is 820. The molecule has 3 saturated carbocycles. The zero-order valence-electron chi connectivity index (χ0n) is 19.2. The number of urea groups is 1. The summed E-state index contributed by atoms with van der Waals surface area (Å²) in [6, 6.07) is 9.87. The summed E-state index contributed by atoms with van der Waals surface area (Å²) in [7, 11) is 4.47. The van der Waals surface area contributed by atoms with Gasteiger partial charge in [0.15, 0.2) is 6.29 Å². The van der Waals surface area contributed by atoms with Crippen LogP contribution in [0.25, 0.3) is 0 Å². The summed E-state index contributed by atoms with van der Waals surface area (Å²) in [6.45, 7) is 0.235. The van der Waals surface area contributed by atoms with Crippen LogP contribution in [-0.2, 0) is 25.4 Å². The van der Waals surface area contributed by atoms with Crippen molar-refractivity contribution in [2.45, 2.75) is 63.2 Å². The Morgan fingerprint density at radius 2 is 1.66 bits per heavy atom. The topological polar surface area (TPSA) is 101 Å². The van der Waals surface area contributed by atoms with Crippen molar-refractivity contribution in [2.75, 3.05) is 32.8 Å². The first-order chi connectivity index (χ1) is 15.4. The first-order valence-corrected chi connectivity index (χ1v) is 11.1. The van der Waals surface area contributed by atoms with Gasteiger partial charge in [0.25, 0.3) is 0 Å². The van der Waals surface area contributed by atoms with Gasteiger partial charge in [-0.1, -0.05) is 12.1 Å². The quantitative estimate of drug-likeness (QED) is 0.463. The minimum atomic E-state index is -0.568. The first-order valence-electron chi connectivity index (χ1n) is 11.1. The number of amides is 2. The highest BCUT2D eigenvalue weighted by Gasteiger charge is 2.50. The van der Waals surface area contributed by atoms with Gasteiger partial charge in [-0.05, 0) is 62.6 Å². The van der Waals surface area contributed by atoms with Crippen LogP contribution >= 0.6 is 0 Å². The number of anilines is 1. The minimum absolute atomic E-state index is 0.197. The lowest BCUT2D eigenvalue weighted by Crippen LogP contribution is -2.59. The highest BCUT2D eigenvalue weighted by molar-refractivity contribution is 5.92. The molecule has 0 spiro atoms. The van der Waals surface area contributed by atoms with Crippen molar-refractivity contribution in [2.24, 2.45) is 5.41 Å². The lowest BCUT2D eigenvalue weighted by Gasteiger charge is -2.51. The van der Waals surface area contributed by atoms with Crippen molar-refractivity contribution >= 4 is 17.7 Å². The second-order valence-corrected chi connectivity index (χ2v) is 8.86. The zero-order valence-corrected chi connectivity index (χ0v) is 19.2. The Morgan fingerprint density at radius 1 is 1.06 bits per heavy atom. The predicted molar refractivity (Wildman–Crippen MR) is 119 cm³/mol. The van der Waals surface area contributed by atoms with Crippen LogP contribution in [0, 0.1) is 16.7 Å². The molecule has 3 aliphatic carbocycles. The van der Waals surface area contributed by atoms with E-state index < -0.39 is 6.29 Å². The van der Waals surface area contributed by atoms with Gasteiger partial charge in [0, 0.05) is 31.9 Å². The molecule has 0 radical (unpaired) electrons. The number of esters is 1. The standard InChI is InChI=1S/C24H33N3O5/c1-30-20(28)9-6-18-4-7-19(8-5-18)27(16-21(31-2)32-3)22(29)26-24-13-10-23(17-25,11-14-24)12-15-24/h4-5,7-8,21H,6,9-16H2,1-3H3,(H,26,29). The van der Waals surface area contributed by atoms with Gasteiger partial charge in [0.05, 0.1) is 25.1 Å². The van der Waals surface area contributed by atoms with Crippen molar-refractivity contribution in [3.63, 3.8) is 0 Å². The van der Waals surface area contributed by atoms with Crippen LogP contribution in [0.3, 0.4) is 0 Å². The molecule has 1 N–H and O–H groups in total. The van der Waals surface area contributed by atoms with Gasteiger partial charge in [-0.2, -0.15) is 5.26 Å². The number of carbonyl (C=O) groups is 2. The molecule has 3 aliphatic rings. The van der Waals surface area contributed by atoms with Crippen LogP contribution in [0.5, 0.6) is 0 Å². The van der Waals surface area contributed by atoms with Gasteiger partial charge in [0.1, 0.15) is 0 Å². The summed E-state index contributed by atoms with van der Waals surface area (Å²) >= 11 is 0. The Kier molecular flexibility index (Phi) is 7.75. The molecule has 4 rings (SSSR count). The number of nitrogens with zero attached hydrogens (tertiary/aromatic N) is 2. The molecule has 2 bridgehead atoms. The van der Waals surface area contributed by atoms with Crippen LogP contribution in [-0.4, -0.2) is 51.7 Å². The molecule has 8 heteroatoms. The molecule has 3 fully saturated rings. The lowest BCUT2D eigenvalue weighted by atomic mass is 9.58. The van der Waals surface area contributed by atoms with E-state index in [0.29, 0.717) is 12.8 Å². The number of methoxy groups -OCH3 is 3. The maximum Gasteiger partial charge on any atom is 0.322 e. The zero-order chi connectivity index (χ0) is 23.2. The number of aryl methyl sites for hydroxylation is 1. The molecule has 0 heterocycles.